The summed E-state index contributed by atoms with van der Waals surface area (Å²) in [6, 6.07) is 11.0. The maximum absolute atomic E-state index is 11.7. The fourth-order valence-electron chi connectivity index (χ4n) is 2.39. The number of carbonyl (C=O) groups is 2. The number of nitrogens with one attached hydrogen (secondary N) is 1. The lowest BCUT2D eigenvalue weighted by Crippen LogP contribution is -2.50. The number of rotatable bonds is 1. The van der Waals surface area contributed by atoms with Gasteiger partial charge in [-0.15, -0.1) is 0 Å². The second-order valence-electron chi connectivity index (χ2n) is 4.45. The smallest absolute Gasteiger partial charge is 0.244 e. The van der Waals surface area contributed by atoms with Crippen LogP contribution in [0.2, 0.25) is 0 Å². The van der Waals surface area contributed by atoms with Crippen molar-refractivity contribution in [1.29, 1.82) is 10.5 Å². The molecule has 2 amide bonds. The monoisotopic (exact) mass is 253 g/mol. The molecule has 1 aliphatic heterocycles. The Bertz CT molecular complexity index is 592. The van der Waals surface area contributed by atoms with Crippen LogP contribution >= 0.6 is 0 Å². The van der Waals surface area contributed by atoms with Crippen molar-refractivity contribution in [2.45, 2.75) is 12.8 Å². The van der Waals surface area contributed by atoms with Crippen LogP contribution in [0, 0.1) is 41.4 Å². The van der Waals surface area contributed by atoms with E-state index in [1.54, 1.807) is 12.1 Å². The predicted octanol–water partition coefficient (Wildman–Crippen LogP) is 1.01. The Morgan fingerprint density at radius 3 is 2.05 bits per heavy atom. The van der Waals surface area contributed by atoms with Crippen molar-refractivity contribution >= 4 is 11.8 Å². The number of nitrogens with zero attached hydrogens (tertiary/aromatic N) is 2. The minimum Gasteiger partial charge on any atom is -0.294 e. The van der Waals surface area contributed by atoms with Crippen molar-refractivity contribution in [3.63, 3.8) is 0 Å². The number of aryl methyl sites for hydroxylation is 1. The summed E-state index contributed by atoms with van der Waals surface area (Å²) in [5.41, 5.74) is 1.55. The third kappa shape index (κ3) is 2.07. The van der Waals surface area contributed by atoms with Gasteiger partial charge in [0, 0.05) is 5.92 Å². The lowest BCUT2D eigenvalue weighted by atomic mass is 9.73. The third-order valence-electron chi connectivity index (χ3n) is 3.36. The van der Waals surface area contributed by atoms with Crippen molar-refractivity contribution in [2.75, 3.05) is 0 Å². The largest absolute Gasteiger partial charge is 0.294 e. The van der Waals surface area contributed by atoms with E-state index in [0.29, 0.717) is 5.56 Å². The van der Waals surface area contributed by atoms with Crippen LogP contribution in [0.3, 0.4) is 0 Å². The molecular weight excluding hydrogens is 242 g/mol. The predicted molar refractivity (Wildman–Crippen MR) is 65.3 cm³/mol. The van der Waals surface area contributed by atoms with Crippen LogP contribution < -0.4 is 5.32 Å². The first-order valence-electron chi connectivity index (χ1n) is 5.79. The van der Waals surface area contributed by atoms with E-state index in [1.165, 1.54) is 0 Å². The van der Waals surface area contributed by atoms with E-state index in [4.69, 9.17) is 10.5 Å². The molecule has 0 radical (unpaired) electrons. The van der Waals surface area contributed by atoms with Crippen molar-refractivity contribution in [2.24, 2.45) is 11.8 Å². The van der Waals surface area contributed by atoms with Crippen LogP contribution in [0.25, 0.3) is 0 Å². The van der Waals surface area contributed by atoms with Gasteiger partial charge in [0.15, 0.2) is 0 Å². The van der Waals surface area contributed by atoms with E-state index in [2.05, 4.69) is 5.32 Å². The molecule has 94 valence electrons. The molecule has 0 spiro atoms. The zero-order valence-electron chi connectivity index (χ0n) is 10.3. The minimum absolute atomic E-state index is 0.632. The second kappa shape index (κ2) is 4.91. The minimum atomic E-state index is -1.02. The molecule has 0 unspecified atom stereocenters. The molecule has 2 rings (SSSR count). The van der Waals surface area contributed by atoms with Gasteiger partial charge in [0.05, 0.1) is 12.1 Å². The molecular formula is C14H11N3O2. The number of nitriles is 2. The fourth-order valence-corrected chi connectivity index (χ4v) is 2.39. The number of hydrogen-bond acceptors (Lipinski definition) is 4. The van der Waals surface area contributed by atoms with Crippen molar-refractivity contribution in [3.05, 3.63) is 35.4 Å². The first kappa shape index (κ1) is 12.8. The summed E-state index contributed by atoms with van der Waals surface area (Å²) >= 11 is 0. The Labute approximate surface area is 110 Å². The van der Waals surface area contributed by atoms with E-state index in [9.17, 15) is 9.59 Å². The zero-order valence-corrected chi connectivity index (χ0v) is 10.3. The summed E-state index contributed by atoms with van der Waals surface area (Å²) in [5.74, 6) is -4.02. The number of carbonyl (C=O) groups excluding carboxylic acids is 2. The molecule has 1 aromatic rings. The van der Waals surface area contributed by atoms with Crippen LogP contribution in [0.5, 0.6) is 0 Å². The van der Waals surface area contributed by atoms with Crippen LogP contribution in [-0.4, -0.2) is 11.8 Å². The van der Waals surface area contributed by atoms with Gasteiger partial charge in [0.25, 0.3) is 0 Å². The fraction of sp³-hybridized carbons (Fsp3) is 0.286. The first-order chi connectivity index (χ1) is 9.10. The second-order valence-corrected chi connectivity index (χ2v) is 4.45. The van der Waals surface area contributed by atoms with Gasteiger partial charge in [-0.2, -0.15) is 10.5 Å². The van der Waals surface area contributed by atoms with Crippen LogP contribution in [0.4, 0.5) is 0 Å². The van der Waals surface area contributed by atoms with Gasteiger partial charge >= 0.3 is 0 Å². The molecule has 0 bridgehead atoms. The van der Waals surface area contributed by atoms with Crippen molar-refractivity contribution in [1.82, 2.24) is 5.32 Å². The zero-order chi connectivity index (χ0) is 14.0. The summed E-state index contributed by atoms with van der Waals surface area (Å²) in [5, 5.41) is 20.4. The lowest BCUT2D eigenvalue weighted by Gasteiger charge is -2.30. The van der Waals surface area contributed by atoms with Gasteiger partial charge in [0.2, 0.25) is 11.8 Å². The molecule has 1 N–H and O–H groups in total. The quantitative estimate of drug-likeness (QED) is 0.756. The summed E-state index contributed by atoms with van der Waals surface area (Å²) in [6.45, 7) is 1.83. The molecule has 1 saturated heterocycles. The van der Waals surface area contributed by atoms with E-state index < -0.39 is 29.6 Å². The average Bonchev–Trinajstić information content (AvgIpc) is 2.38. The van der Waals surface area contributed by atoms with Gasteiger partial charge in [-0.1, -0.05) is 24.3 Å². The molecule has 5 heteroatoms. The summed E-state index contributed by atoms with van der Waals surface area (Å²) in [6.07, 6.45) is 0. The van der Waals surface area contributed by atoms with E-state index >= 15 is 0 Å². The third-order valence-corrected chi connectivity index (χ3v) is 3.36. The van der Waals surface area contributed by atoms with Crippen molar-refractivity contribution < 1.29 is 9.59 Å². The number of amides is 2. The molecule has 2 atom stereocenters. The molecule has 19 heavy (non-hydrogen) atoms. The number of hydrogen-bond donors (Lipinski definition) is 1. The topological polar surface area (TPSA) is 93.8 Å². The molecule has 0 aliphatic carbocycles. The number of benzene rings is 1. The first-order valence-corrected chi connectivity index (χ1v) is 5.79. The highest BCUT2D eigenvalue weighted by Crippen LogP contribution is 2.36. The van der Waals surface area contributed by atoms with Gasteiger partial charge < -0.3 is 0 Å². The van der Waals surface area contributed by atoms with Crippen LogP contribution in [0.15, 0.2) is 24.3 Å². The highest BCUT2D eigenvalue weighted by Gasteiger charge is 2.45. The highest BCUT2D eigenvalue weighted by molar-refractivity contribution is 6.03. The molecule has 1 aliphatic rings. The molecule has 1 aromatic carbocycles. The van der Waals surface area contributed by atoms with E-state index in [0.717, 1.165) is 5.56 Å². The Balaban J connectivity index is 2.57. The SMILES string of the molecule is Cc1ccccc1C1[C@@H](C#N)C(=O)NC(=O)[C@@H]1C#N. The molecule has 1 heterocycles. The molecule has 0 saturated carbocycles. The molecule has 0 aromatic heterocycles. The molecule has 5 nitrogen and oxygen atoms in total. The summed E-state index contributed by atoms with van der Waals surface area (Å²) < 4.78 is 0. The van der Waals surface area contributed by atoms with E-state index in [-0.39, 0.29) is 0 Å². The van der Waals surface area contributed by atoms with Gasteiger partial charge in [-0.05, 0) is 18.1 Å². The number of imide groups is 1. The maximum atomic E-state index is 11.7. The molecule has 1 fully saturated rings. The van der Waals surface area contributed by atoms with Crippen LogP contribution in [0.1, 0.15) is 17.0 Å². The van der Waals surface area contributed by atoms with Gasteiger partial charge in [-0.3, -0.25) is 14.9 Å². The summed E-state index contributed by atoms with van der Waals surface area (Å²) in [7, 11) is 0. The Morgan fingerprint density at radius 2 is 1.58 bits per heavy atom. The average molecular weight is 253 g/mol. The van der Waals surface area contributed by atoms with Crippen LogP contribution in [-0.2, 0) is 9.59 Å². The maximum Gasteiger partial charge on any atom is 0.244 e. The Morgan fingerprint density at radius 1 is 1.05 bits per heavy atom. The summed E-state index contributed by atoms with van der Waals surface area (Å²) in [4.78, 5) is 23.5. The Hall–Kier alpha value is -2.66. The van der Waals surface area contributed by atoms with Gasteiger partial charge in [0.1, 0.15) is 11.8 Å². The Kier molecular flexibility index (Phi) is 3.31. The highest BCUT2D eigenvalue weighted by atomic mass is 16.2. The number of piperidine rings is 1. The standard InChI is InChI=1S/C14H11N3O2/c1-8-4-2-3-5-9(8)12-10(6-15)13(18)17-14(19)11(12)7-16/h2-5,10-12H,1H3,(H,17,18,19)/t10-,11-/m1/s1. The van der Waals surface area contributed by atoms with E-state index in [1.807, 2.05) is 31.2 Å². The lowest BCUT2D eigenvalue weighted by molar-refractivity contribution is -0.137. The normalized spacial score (nSPS) is 23.3. The van der Waals surface area contributed by atoms with Gasteiger partial charge in [-0.25, -0.2) is 0 Å². The van der Waals surface area contributed by atoms with Crippen molar-refractivity contribution in [3.8, 4) is 12.1 Å².